The highest BCUT2D eigenvalue weighted by Crippen LogP contribution is 2.14. The van der Waals surface area contributed by atoms with Gasteiger partial charge in [-0.25, -0.2) is 0 Å². The summed E-state index contributed by atoms with van der Waals surface area (Å²) in [6.07, 6.45) is 3.24. The minimum Gasteiger partial charge on any atom is -0.480 e. The Morgan fingerprint density at radius 1 is 0.781 bits per heavy atom. The van der Waals surface area contributed by atoms with Crippen LogP contribution in [0.5, 0.6) is 0 Å². The van der Waals surface area contributed by atoms with Crippen LogP contribution in [0.25, 0.3) is 0 Å². The third-order valence-electron chi connectivity index (χ3n) is 6.67. The van der Waals surface area contributed by atoms with Crippen molar-refractivity contribution in [3.63, 3.8) is 0 Å². The highest BCUT2D eigenvalue weighted by Gasteiger charge is 2.27. The first-order valence-corrected chi connectivity index (χ1v) is 11.9. The fraction of sp³-hybridized carbons (Fsp3) is 0.667. The predicted molar refractivity (Wildman–Crippen MR) is 124 cm³/mol. The molecule has 3 unspecified atom stereocenters. The zero-order valence-corrected chi connectivity index (χ0v) is 19.1. The lowest BCUT2D eigenvalue weighted by molar-refractivity contribution is -0.144. The van der Waals surface area contributed by atoms with Crippen LogP contribution in [0.15, 0.2) is 30.3 Å². The minimum atomic E-state index is -0.766. The van der Waals surface area contributed by atoms with Gasteiger partial charge < -0.3 is 20.0 Å². The number of benzene rings is 1. The van der Waals surface area contributed by atoms with E-state index < -0.39 is 18.0 Å². The average Bonchev–Trinajstić information content (AvgIpc) is 2.77. The van der Waals surface area contributed by atoms with Crippen molar-refractivity contribution < 1.29 is 19.8 Å². The maximum Gasteiger partial charge on any atom is 0.320 e. The van der Waals surface area contributed by atoms with Gasteiger partial charge in [0.05, 0.1) is 6.54 Å². The average molecular weight is 447 g/mol. The van der Waals surface area contributed by atoms with Crippen LogP contribution < -0.4 is 0 Å². The molecule has 3 atom stereocenters. The molecule has 0 radical (unpaired) electrons. The van der Waals surface area contributed by atoms with Gasteiger partial charge in [0.1, 0.15) is 6.04 Å². The van der Waals surface area contributed by atoms with Crippen LogP contribution in [0, 0.1) is 0 Å². The van der Waals surface area contributed by atoms with Gasteiger partial charge in [-0.15, -0.1) is 0 Å². The number of aliphatic carboxylic acids is 2. The summed E-state index contributed by atoms with van der Waals surface area (Å²) in [5, 5.41) is 19.2. The third-order valence-corrected chi connectivity index (χ3v) is 6.67. The number of hydrogen-bond acceptors (Lipinski definition) is 6. The Labute approximate surface area is 191 Å². The lowest BCUT2D eigenvalue weighted by Gasteiger charge is -2.37. The molecule has 8 nitrogen and oxygen atoms in total. The lowest BCUT2D eigenvalue weighted by Crippen LogP contribution is -2.50. The van der Waals surface area contributed by atoms with Crippen LogP contribution in [-0.2, 0) is 16.0 Å². The van der Waals surface area contributed by atoms with Gasteiger partial charge in [0.2, 0.25) is 0 Å². The van der Waals surface area contributed by atoms with Crippen molar-refractivity contribution in [1.29, 1.82) is 0 Å². The molecule has 3 rings (SSSR count). The molecule has 1 aromatic carbocycles. The van der Waals surface area contributed by atoms with Crippen molar-refractivity contribution in [2.24, 2.45) is 0 Å². The summed E-state index contributed by atoms with van der Waals surface area (Å²) in [5.41, 5.74) is 1.18. The number of carboxylic acid groups (broad SMARTS) is 2. The van der Waals surface area contributed by atoms with Gasteiger partial charge in [0, 0.05) is 52.4 Å². The number of nitrogens with zero attached hydrogens (tertiary/aromatic N) is 4. The second kappa shape index (κ2) is 12.9. The summed E-state index contributed by atoms with van der Waals surface area (Å²) in [5.74, 6) is -1.50. The van der Waals surface area contributed by atoms with Crippen LogP contribution in [0.1, 0.15) is 24.8 Å². The first-order valence-electron chi connectivity index (χ1n) is 11.9. The quantitative estimate of drug-likeness (QED) is 0.646. The highest BCUT2D eigenvalue weighted by molar-refractivity contribution is 5.73. The van der Waals surface area contributed by atoms with E-state index in [1.165, 1.54) is 5.56 Å². The van der Waals surface area contributed by atoms with Gasteiger partial charge in [-0.2, -0.15) is 0 Å². The van der Waals surface area contributed by atoms with E-state index in [0.717, 1.165) is 84.7 Å². The van der Waals surface area contributed by atoms with Crippen molar-refractivity contribution in [3.05, 3.63) is 35.9 Å². The van der Waals surface area contributed by atoms with Crippen LogP contribution in [0.4, 0.5) is 0 Å². The van der Waals surface area contributed by atoms with Crippen molar-refractivity contribution in [2.75, 3.05) is 72.0 Å². The van der Waals surface area contributed by atoms with E-state index in [1.54, 1.807) is 0 Å². The van der Waals surface area contributed by atoms with E-state index in [4.69, 9.17) is 0 Å². The second-order valence-electron chi connectivity index (χ2n) is 8.97. The molecular formula is C24H38N4O4. The molecule has 1 aromatic rings. The Morgan fingerprint density at radius 2 is 1.41 bits per heavy atom. The molecule has 2 bridgehead atoms. The van der Waals surface area contributed by atoms with Crippen LogP contribution >= 0.6 is 0 Å². The third kappa shape index (κ3) is 8.16. The molecule has 0 spiro atoms. The summed E-state index contributed by atoms with van der Waals surface area (Å²) >= 11 is 0. The Balaban J connectivity index is 1.63. The van der Waals surface area contributed by atoms with E-state index in [0.29, 0.717) is 6.42 Å². The molecule has 8 heteroatoms. The van der Waals surface area contributed by atoms with Gasteiger partial charge in [-0.05, 0) is 44.3 Å². The summed E-state index contributed by atoms with van der Waals surface area (Å²) in [6, 6.07) is 9.65. The smallest absolute Gasteiger partial charge is 0.320 e. The first kappa shape index (κ1) is 24.6. The van der Waals surface area contributed by atoms with Crippen LogP contribution in [0.3, 0.4) is 0 Å². The molecule has 0 aromatic heterocycles. The maximum atomic E-state index is 12.2. The first-order chi connectivity index (χ1) is 15.5. The number of rotatable bonds is 7. The molecule has 0 amide bonds. The summed E-state index contributed by atoms with van der Waals surface area (Å²) in [4.78, 5) is 32.4. The SMILES string of the molecule is O=C(O)CN1CCCN2CCN(CCCN(C(CCc3ccccc3)C(=O)O)CC2)CC1. The Morgan fingerprint density at radius 3 is 2.06 bits per heavy atom. The molecule has 32 heavy (non-hydrogen) atoms. The number of hydrogen-bond donors (Lipinski definition) is 2. The highest BCUT2D eigenvalue weighted by atomic mass is 16.4. The normalized spacial score (nSPS) is 25.1. The van der Waals surface area contributed by atoms with E-state index in [-0.39, 0.29) is 6.54 Å². The molecule has 2 aliphatic rings. The van der Waals surface area contributed by atoms with E-state index in [1.807, 2.05) is 23.1 Å². The fourth-order valence-electron chi connectivity index (χ4n) is 4.82. The Hall–Kier alpha value is -2.00. The molecule has 2 N–H and O–H groups in total. The van der Waals surface area contributed by atoms with Crippen molar-refractivity contribution in [2.45, 2.75) is 31.7 Å². The molecule has 2 aliphatic heterocycles. The molecule has 0 saturated carbocycles. The van der Waals surface area contributed by atoms with Gasteiger partial charge in [-0.3, -0.25) is 19.4 Å². The molecule has 178 valence electrons. The van der Waals surface area contributed by atoms with Gasteiger partial charge in [0.15, 0.2) is 0 Å². The predicted octanol–water partition coefficient (Wildman–Crippen LogP) is 1.17. The zero-order valence-electron chi connectivity index (χ0n) is 19.1. The summed E-state index contributed by atoms with van der Waals surface area (Å²) in [7, 11) is 0. The van der Waals surface area contributed by atoms with Crippen molar-refractivity contribution in [1.82, 2.24) is 19.6 Å². The van der Waals surface area contributed by atoms with Gasteiger partial charge in [0.25, 0.3) is 0 Å². The number of carboxylic acids is 2. The van der Waals surface area contributed by atoms with Crippen LogP contribution in [0.2, 0.25) is 0 Å². The summed E-state index contributed by atoms with van der Waals surface area (Å²) in [6.45, 7) is 8.68. The second-order valence-corrected chi connectivity index (χ2v) is 8.97. The molecular weight excluding hydrogens is 408 g/mol. The zero-order chi connectivity index (χ0) is 22.8. The topological polar surface area (TPSA) is 87.6 Å². The van der Waals surface area contributed by atoms with E-state index in [2.05, 4.69) is 26.8 Å². The molecule has 0 aliphatic carbocycles. The standard InChI is InChI=1S/C24H38N4O4/c29-23(30)20-27-12-4-10-26-15-14-25(16-17-27)11-5-13-28(19-18-26)22(24(31)32)9-8-21-6-2-1-3-7-21/h1-3,6-7,22H,4-5,8-20H2,(H,29,30)(H,31,32). The maximum absolute atomic E-state index is 12.2. The number of aryl methyl sites for hydroxylation is 1. The molecule has 2 saturated heterocycles. The van der Waals surface area contributed by atoms with Crippen molar-refractivity contribution >= 4 is 11.9 Å². The van der Waals surface area contributed by atoms with Crippen molar-refractivity contribution in [3.8, 4) is 0 Å². The lowest BCUT2D eigenvalue weighted by atomic mass is 10.0. The molecule has 2 heterocycles. The largest absolute Gasteiger partial charge is 0.480 e. The number of carbonyl (C=O) groups is 2. The molecule has 2 fully saturated rings. The Bertz CT molecular complexity index is 717. The van der Waals surface area contributed by atoms with Gasteiger partial charge in [-0.1, -0.05) is 30.3 Å². The fourth-order valence-corrected chi connectivity index (χ4v) is 4.82. The monoisotopic (exact) mass is 446 g/mol. The van der Waals surface area contributed by atoms with E-state index in [9.17, 15) is 19.8 Å². The van der Waals surface area contributed by atoms with Gasteiger partial charge >= 0.3 is 11.9 Å². The Kier molecular flexibility index (Phi) is 9.92. The minimum absolute atomic E-state index is 0.101. The number of fused-ring (bicyclic) bond motifs is 3. The summed E-state index contributed by atoms with van der Waals surface area (Å²) < 4.78 is 0. The van der Waals surface area contributed by atoms with E-state index >= 15 is 0 Å². The van der Waals surface area contributed by atoms with Crippen LogP contribution in [-0.4, -0.2) is 120 Å².